The molecule has 5 heteroatoms. The lowest BCUT2D eigenvalue weighted by Gasteiger charge is -2.25. The molecule has 1 N–H and O–H groups in total. The number of carbonyl (C=O) groups is 1. The van der Waals surface area contributed by atoms with E-state index in [-0.39, 0.29) is 24.2 Å². The molecule has 0 aromatic heterocycles. The molecule has 0 spiro atoms. The van der Waals surface area contributed by atoms with Crippen molar-refractivity contribution in [2.45, 2.75) is 11.8 Å². The molecule has 1 unspecified atom stereocenters. The predicted molar refractivity (Wildman–Crippen MR) is 64.8 cm³/mol. The minimum Gasteiger partial charge on any atom is -0.468 e. The fourth-order valence-electron chi connectivity index (χ4n) is 2.19. The molecule has 1 aliphatic heterocycles. The van der Waals surface area contributed by atoms with Gasteiger partial charge >= 0.3 is 5.97 Å². The summed E-state index contributed by atoms with van der Waals surface area (Å²) in [4.78, 5) is 11.9. The minimum atomic E-state index is -0.650. The summed E-state index contributed by atoms with van der Waals surface area (Å²) in [5.74, 6) is -0.557. The average molecular weight is 260 g/mol. The van der Waals surface area contributed by atoms with Crippen molar-refractivity contribution in [1.82, 2.24) is 5.32 Å². The number of hydrogen-bond acceptors (Lipinski definition) is 3. The Morgan fingerprint density at radius 3 is 2.53 bits per heavy atom. The molecule has 0 bridgehead atoms. The van der Waals surface area contributed by atoms with E-state index in [1.165, 1.54) is 19.2 Å². The molecule has 1 aromatic rings. The molecule has 2 rings (SSSR count). The van der Waals surface area contributed by atoms with Gasteiger partial charge in [0, 0.05) is 6.54 Å². The second-order valence-electron chi connectivity index (χ2n) is 4.01. The van der Waals surface area contributed by atoms with Crippen LogP contribution in [0.1, 0.15) is 12.0 Å². The number of rotatable bonds is 2. The van der Waals surface area contributed by atoms with Gasteiger partial charge < -0.3 is 10.1 Å². The zero-order valence-electron chi connectivity index (χ0n) is 9.53. The molecule has 3 nitrogen and oxygen atoms in total. The standard InChI is InChI=1S/C12H14FNO2.ClH/c1-16-11(15)12(6-7-14-8-12)9-2-4-10(13)5-3-9;/h2-5,14H,6-8H2,1H3;1H. The second kappa shape index (κ2) is 5.47. The summed E-state index contributed by atoms with van der Waals surface area (Å²) in [5, 5.41) is 3.15. The lowest BCUT2D eigenvalue weighted by molar-refractivity contribution is -0.146. The molecule has 1 aliphatic rings. The minimum absolute atomic E-state index is 0. The van der Waals surface area contributed by atoms with Gasteiger partial charge in [0.15, 0.2) is 0 Å². The molecule has 1 atom stereocenters. The molecule has 0 saturated carbocycles. The zero-order valence-corrected chi connectivity index (χ0v) is 10.3. The number of methoxy groups -OCH3 is 1. The number of carbonyl (C=O) groups excluding carboxylic acids is 1. The van der Waals surface area contributed by atoms with Gasteiger partial charge in [-0.3, -0.25) is 4.79 Å². The molecule has 94 valence electrons. The van der Waals surface area contributed by atoms with Gasteiger partial charge in [-0.1, -0.05) is 12.1 Å². The number of ether oxygens (including phenoxy) is 1. The third kappa shape index (κ3) is 2.42. The molecule has 0 radical (unpaired) electrons. The van der Waals surface area contributed by atoms with Crippen LogP contribution in [0.2, 0.25) is 0 Å². The van der Waals surface area contributed by atoms with Gasteiger partial charge in [0.25, 0.3) is 0 Å². The highest BCUT2D eigenvalue weighted by molar-refractivity contribution is 5.85. The SMILES string of the molecule is COC(=O)C1(c2ccc(F)cc2)CCNC1.Cl. The lowest BCUT2D eigenvalue weighted by atomic mass is 9.80. The topological polar surface area (TPSA) is 38.3 Å². The molecule has 0 aliphatic carbocycles. The number of nitrogens with one attached hydrogen (secondary N) is 1. The first kappa shape index (κ1) is 13.9. The monoisotopic (exact) mass is 259 g/mol. The summed E-state index contributed by atoms with van der Waals surface area (Å²) in [7, 11) is 1.38. The van der Waals surface area contributed by atoms with Crippen molar-refractivity contribution in [2.75, 3.05) is 20.2 Å². The Kier molecular flexibility index (Phi) is 4.48. The highest BCUT2D eigenvalue weighted by Gasteiger charge is 2.43. The Morgan fingerprint density at radius 2 is 2.06 bits per heavy atom. The fraction of sp³-hybridized carbons (Fsp3) is 0.417. The van der Waals surface area contributed by atoms with E-state index in [1.807, 2.05) is 0 Å². The molecular formula is C12H15ClFNO2. The van der Waals surface area contributed by atoms with Crippen LogP contribution >= 0.6 is 12.4 Å². The lowest BCUT2D eigenvalue weighted by Crippen LogP contribution is -2.39. The van der Waals surface area contributed by atoms with Gasteiger partial charge in [-0.25, -0.2) is 4.39 Å². The van der Waals surface area contributed by atoms with Crippen molar-refractivity contribution >= 4 is 18.4 Å². The van der Waals surface area contributed by atoms with Crippen molar-refractivity contribution in [3.05, 3.63) is 35.6 Å². The summed E-state index contributed by atoms with van der Waals surface area (Å²) in [5.41, 5.74) is 0.161. The molecule has 1 aromatic carbocycles. The van der Waals surface area contributed by atoms with Crippen molar-refractivity contribution < 1.29 is 13.9 Å². The van der Waals surface area contributed by atoms with Gasteiger partial charge in [-0.05, 0) is 30.7 Å². The maximum atomic E-state index is 12.8. The predicted octanol–water partition coefficient (Wildman–Crippen LogP) is 1.65. The third-order valence-electron chi connectivity index (χ3n) is 3.13. The van der Waals surface area contributed by atoms with Gasteiger partial charge in [0.2, 0.25) is 0 Å². The molecule has 0 amide bonds. The smallest absolute Gasteiger partial charge is 0.317 e. The van der Waals surface area contributed by atoms with Crippen LogP contribution in [0.3, 0.4) is 0 Å². The number of halogens is 2. The van der Waals surface area contributed by atoms with E-state index in [1.54, 1.807) is 12.1 Å². The maximum Gasteiger partial charge on any atom is 0.317 e. The maximum absolute atomic E-state index is 12.8. The van der Waals surface area contributed by atoms with E-state index in [2.05, 4.69) is 5.32 Å². The molecule has 1 saturated heterocycles. The zero-order chi connectivity index (χ0) is 11.6. The quantitative estimate of drug-likeness (QED) is 0.821. The van der Waals surface area contributed by atoms with Crippen LogP contribution in [-0.2, 0) is 14.9 Å². The van der Waals surface area contributed by atoms with Crippen LogP contribution in [0.5, 0.6) is 0 Å². The van der Waals surface area contributed by atoms with Crippen LogP contribution in [-0.4, -0.2) is 26.2 Å². The van der Waals surface area contributed by atoms with E-state index in [9.17, 15) is 9.18 Å². The molecule has 17 heavy (non-hydrogen) atoms. The largest absolute Gasteiger partial charge is 0.468 e. The Bertz CT molecular complexity index is 388. The van der Waals surface area contributed by atoms with Crippen LogP contribution in [0, 0.1) is 5.82 Å². The van der Waals surface area contributed by atoms with Crippen LogP contribution in [0.25, 0.3) is 0 Å². The first-order valence-electron chi connectivity index (χ1n) is 5.24. The summed E-state index contributed by atoms with van der Waals surface area (Å²) in [6, 6.07) is 6.05. The van der Waals surface area contributed by atoms with Crippen LogP contribution in [0.15, 0.2) is 24.3 Å². The van der Waals surface area contributed by atoms with Crippen molar-refractivity contribution in [3.63, 3.8) is 0 Å². The highest BCUT2D eigenvalue weighted by atomic mass is 35.5. The summed E-state index contributed by atoms with van der Waals surface area (Å²) >= 11 is 0. The van der Waals surface area contributed by atoms with Crippen molar-refractivity contribution in [3.8, 4) is 0 Å². The van der Waals surface area contributed by atoms with E-state index in [0.717, 1.165) is 12.1 Å². The molecule has 1 heterocycles. The molecule has 1 fully saturated rings. The number of benzene rings is 1. The van der Waals surface area contributed by atoms with Crippen LogP contribution in [0.4, 0.5) is 4.39 Å². The Morgan fingerprint density at radius 1 is 1.41 bits per heavy atom. The van der Waals surface area contributed by atoms with E-state index < -0.39 is 5.41 Å². The number of hydrogen-bond donors (Lipinski definition) is 1. The van der Waals surface area contributed by atoms with Crippen molar-refractivity contribution in [2.24, 2.45) is 0 Å². The Hall–Kier alpha value is -1.13. The van der Waals surface area contributed by atoms with Crippen LogP contribution < -0.4 is 5.32 Å². The first-order chi connectivity index (χ1) is 7.69. The Labute approximate surface area is 106 Å². The average Bonchev–Trinajstić information content (AvgIpc) is 2.79. The summed E-state index contributed by atoms with van der Waals surface area (Å²) in [6.07, 6.45) is 0.686. The number of esters is 1. The van der Waals surface area contributed by atoms with E-state index in [0.29, 0.717) is 13.0 Å². The Balaban J connectivity index is 0.00000144. The summed E-state index contributed by atoms with van der Waals surface area (Å²) < 4.78 is 17.7. The second-order valence-corrected chi connectivity index (χ2v) is 4.01. The summed E-state index contributed by atoms with van der Waals surface area (Å²) in [6.45, 7) is 1.32. The fourth-order valence-corrected chi connectivity index (χ4v) is 2.19. The normalized spacial score (nSPS) is 22.9. The molecular weight excluding hydrogens is 245 g/mol. The van der Waals surface area contributed by atoms with Gasteiger partial charge in [-0.15, -0.1) is 12.4 Å². The highest BCUT2D eigenvalue weighted by Crippen LogP contribution is 2.32. The van der Waals surface area contributed by atoms with Gasteiger partial charge in [-0.2, -0.15) is 0 Å². The van der Waals surface area contributed by atoms with Gasteiger partial charge in [0.05, 0.1) is 7.11 Å². The van der Waals surface area contributed by atoms with Gasteiger partial charge in [0.1, 0.15) is 11.2 Å². The third-order valence-corrected chi connectivity index (χ3v) is 3.13. The van der Waals surface area contributed by atoms with E-state index in [4.69, 9.17) is 4.74 Å². The first-order valence-corrected chi connectivity index (χ1v) is 5.24. The van der Waals surface area contributed by atoms with Crippen molar-refractivity contribution in [1.29, 1.82) is 0 Å². The van der Waals surface area contributed by atoms with E-state index >= 15 is 0 Å².